The largest absolute Gasteiger partial charge is 0.143 e. The Balaban J connectivity index is 0.000000179. The highest BCUT2D eigenvalue weighted by atomic mass is 79.9. The average Bonchev–Trinajstić information content (AvgIpc) is 3.91. The van der Waals surface area contributed by atoms with Gasteiger partial charge in [0.25, 0.3) is 0 Å². The zero-order chi connectivity index (χ0) is 33.0. The minimum absolute atomic E-state index is 1.01. The minimum atomic E-state index is 1.01. The zero-order valence-corrected chi connectivity index (χ0v) is 35.0. The maximum atomic E-state index is 3.61. The second kappa shape index (κ2) is 16.1. The maximum Gasteiger partial charge on any atom is 0.0781 e. The molecule has 0 spiro atoms. The Hall–Kier alpha value is -1.72. The van der Waals surface area contributed by atoms with Gasteiger partial charge in [0.15, 0.2) is 0 Å². The molecule has 8 rings (SSSR count). The molecule has 0 fully saturated rings. The Morgan fingerprint density at radius 3 is 1.42 bits per heavy atom. The topological polar surface area (TPSA) is 0 Å². The van der Waals surface area contributed by atoms with Crippen LogP contribution in [0.25, 0.3) is 60.5 Å². The van der Waals surface area contributed by atoms with Gasteiger partial charge in [0.05, 0.1) is 17.3 Å². The lowest BCUT2D eigenvalue weighted by Gasteiger charge is -1.96. The number of benzene rings is 2. The van der Waals surface area contributed by atoms with Gasteiger partial charge in [-0.05, 0) is 91.9 Å². The van der Waals surface area contributed by atoms with E-state index in [-0.39, 0.29) is 0 Å². The second-order valence-corrected chi connectivity index (χ2v) is 20.6. The number of halogens is 2. The minimum Gasteiger partial charge on any atom is -0.143 e. The monoisotopic (exact) mass is 864 g/mol. The summed E-state index contributed by atoms with van der Waals surface area (Å²) in [4.78, 5) is 2.39. The van der Waals surface area contributed by atoms with Crippen molar-refractivity contribution in [2.75, 3.05) is 0 Å². The van der Waals surface area contributed by atoms with E-state index in [9.17, 15) is 0 Å². The third-order valence-corrected chi connectivity index (χ3v) is 15.8. The summed E-state index contributed by atoms with van der Waals surface area (Å²) in [6.45, 7) is 4.51. The highest BCUT2D eigenvalue weighted by molar-refractivity contribution is 9.11. The fourth-order valence-electron chi connectivity index (χ4n) is 6.07. The molecule has 8 heteroatoms. The summed E-state index contributed by atoms with van der Waals surface area (Å²) in [5, 5.41) is 12.7. The zero-order valence-electron chi connectivity index (χ0n) is 26.9. The van der Waals surface area contributed by atoms with Gasteiger partial charge < -0.3 is 0 Å². The predicted molar refractivity (Wildman–Crippen MR) is 232 cm³/mol. The van der Waals surface area contributed by atoms with E-state index in [4.69, 9.17) is 0 Å². The van der Waals surface area contributed by atoms with Crippen LogP contribution in [0.5, 0.6) is 0 Å². The quantitative estimate of drug-likeness (QED) is 0.105. The fraction of sp³-hybridized carbons (Fsp3) is 0.300. The summed E-state index contributed by atoms with van der Waals surface area (Å²) in [6.07, 6.45) is 12.2. The molecule has 0 saturated carbocycles. The van der Waals surface area contributed by atoms with Crippen LogP contribution < -0.4 is 0 Å². The normalized spacial score (nSPS) is 11.4. The number of hydrogen-bond donors (Lipinski definition) is 0. The Kier molecular flexibility index (Phi) is 11.6. The van der Waals surface area contributed by atoms with E-state index < -0.39 is 0 Å². The Labute approximate surface area is 323 Å². The second-order valence-electron chi connectivity index (χ2n) is 11.8. The molecule has 0 aliphatic rings. The lowest BCUT2D eigenvalue weighted by atomic mass is 10.1. The molecule has 0 nitrogen and oxygen atoms in total. The van der Waals surface area contributed by atoms with Crippen molar-refractivity contribution in [1.82, 2.24) is 0 Å². The molecule has 0 amide bonds. The van der Waals surface area contributed by atoms with Crippen molar-refractivity contribution in [2.45, 2.75) is 78.1 Å². The van der Waals surface area contributed by atoms with Crippen LogP contribution in [0.2, 0.25) is 0 Å². The van der Waals surface area contributed by atoms with Crippen LogP contribution >= 0.6 is 99.9 Å². The summed E-state index contributed by atoms with van der Waals surface area (Å²) in [6, 6.07) is 13.6. The first kappa shape index (κ1) is 34.7. The molecule has 48 heavy (non-hydrogen) atoms. The molecule has 2 aromatic carbocycles. The number of fused-ring (bicyclic) bond motifs is 12. The molecule has 8 aromatic rings. The van der Waals surface area contributed by atoms with E-state index in [1.54, 1.807) is 0 Å². The molecular formula is C40H34Br2S6. The highest BCUT2D eigenvalue weighted by Gasteiger charge is 2.16. The van der Waals surface area contributed by atoms with Gasteiger partial charge in [-0.1, -0.05) is 76.1 Å². The molecule has 0 unspecified atom stereocenters. The molecule has 6 aromatic heterocycles. The number of rotatable bonds is 8. The highest BCUT2D eigenvalue weighted by Crippen LogP contribution is 2.47. The van der Waals surface area contributed by atoms with Crippen molar-refractivity contribution in [3.05, 3.63) is 64.5 Å². The van der Waals surface area contributed by atoms with Crippen LogP contribution in [-0.4, -0.2) is 0 Å². The summed E-state index contributed by atoms with van der Waals surface area (Å²) >= 11 is 18.3. The first-order valence-electron chi connectivity index (χ1n) is 16.6. The fourth-order valence-corrected chi connectivity index (χ4v) is 13.7. The van der Waals surface area contributed by atoms with Crippen molar-refractivity contribution in [1.29, 1.82) is 0 Å². The predicted octanol–water partition coefficient (Wildman–Crippen LogP) is 16.8. The molecule has 0 N–H and O–H groups in total. The lowest BCUT2D eigenvalue weighted by Crippen LogP contribution is -1.73. The third-order valence-electron chi connectivity index (χ3n) is 8.40. The lowest BCUT2D eigenvalue weighted by molar-refractivity contribution is 0.679. The molecule has 0 aliphatic carbocycles. The van der Waals surface area contributed by atoms with Gasteiger partial charge >= 0.3 is 0 Å². The van der Waals surface area contributed by atoms with E-state index >= 15 is 0 Å². The number of thiophene rings is 6. The van der Waals surface area contributed by atoms with E-state index in [2.05, 4.69) is 117 Å². The van der Waals surface area contributed by atoms with Gasteiger partial charge in [-0.15, -0.1) is 68.0 Å². The van der Waals surface area contributed by atoms with Crippen LogP contribution in [0, 0.1) is 23.7 Å². The van der Waals surface area contributed by atoms with Crippen LogP contribution in [-0.2, 0) is 0 Å². The van der Waals surface area contributed by atoms with Crippen LogP contribution in [0.3, 0.4) is 0 Å². The van der Waals surface area contributed by atoms with Crippen molar-refractivity contribution in [3.8, 4) is 23.7 Å². The number of unbranched alkanes of at least 4 members (excludes halogenated alkanes) is 8. The van der Waals surface area contributed by atoms with Crippen LogP contribution in [0.4, 0.5) is 0 Å². The van der Waals surface area contributed by atoms with Crippen molar-refractivity contribution < 1.29 is 0 Å². The number of hydrogen-bond acceptors (Lipinski definition) is 6. The van der Waals surface area contributed by atoms with Crippen molar-refractivity contribution in [2.24, 2.45) is 0 Å². The summed E-state index contributed by atoms with van der Waals surface area (Å²) in [5.74, 6) is 13.7. The van der Waals surface area contributed by atoms with Crippen molar-refractivity contribution >= 4 is 160 Å². The van der Waals surface area contributed by atoms with E-state index in [0.717, 1.165) is 12.8 Å². The standard InChI is InChI=1S/C28H30S3.C12H4Br2S3/c1-3-5-7-9-11-13-15-21-19-24-26-23(17-18-29-26)27-25(28(24)31-21)20-22(30-27)16-14-12-10-8-6-4-2;13-8-3-6-10-5(1-2-15-10)11-7(12(6)17-8)4-9(14)16-11/h17-20H,3-12H2,1-2H3;1-4H. The van der Waals surface area contributed by atoms with Crippen LogP contribution in [0.15, 0.2) is 54.7 Å². The van der Waals surface area contributed by atoms with Crippen molar-refractivity contribution in [3.63, 3.8) is 0 Å². The van der Waals surface area contributed by atoms with Gasteiger partial charge in [0.1, 0.15) is 0 Å². The summed E-state index contributed by atoms with van der Waals surface area (Å²) < 4.78 is 10.8. The van der Waals surface area contributed by atoms with Crippen LogP contribution in [0.1, 0.15) is 87.8 Å². The SMILES string of the molecule is Brc1cc2c(s1)c1ccsc1c1cc(Br)sc12.CCCCCCC#Cc1cc2c(s1)c1ccsc1c1cc(C#CCCCCCC)sc12. The Bertz CT molecular complexity index is 2320. The molecule has 244 valence electrons. The first-order valence-corrected chi connectivity index (χ1v) is 23.2. The molecule has 0 saturated heterocycles. The molecular weight excluding hydrogens is 833 g/mol. The van der Waals surface area contributed by atoms with Gasteiger partial charge in [0.2, 0.25) is 0 Å². The molecule has 6 heterocycles. The third kappa shape index (κ3) is 7.34. The first-order chi connectivity index (χ1) is 23.6. The van der Waals surface area contributed by atoms with E-state index in [1.807, 2.05) is 68.0 Å². The van der Waals surface area contributed by atoms with E-state index in [1.165, 1.54) is 129 Å². The van der Waals surface area contributed by atoms with Gasteiger partial charge in [-0.2, -0.15) is 0 Å². The van der Waals surface area contributed by atoms with Gasteiger partial charge in [-0.3, -0.25) is 0 Å². The maximum absolute atomic E-state index is 3.61. The molecule has 0 radical (unpaired) electrons. The molecule has 0 aliphatic heterocycles. The average molecular weight is 867 g/mol. The summed E-state index contributed by atoms with van der Waals surface area (Å²) in [7, 11) is 0. The Morgan fingerprint density at radius 1 is 0.479 bits per heavy atom. The van der Waals surface area contributed by atoms with Gasteiger partial charge in [-0.25, -0.2) is 0 Å². The molecule has 0 bridgehead atoms. The molecule has 0 atom stereocenters. The summed E-state index contributed by atoms with van der Waals surface area (Å²) in [5.41, 5.74) is 0. The smallest absolute Gasteiger partial charge is 0.0781 e. The Morgan fingerprint density at radius 2 is 0.896 bits per heavy atom. The van der Waals surface area contributed by atoms with Gasteiger partial charge in [0, 0.05) is 73.4 Å². The van der Waals surface area contributed by atoms with E-state index in [0.29, 0.717) is 0 Å².